The van der Waals surface area contributed by atoms with Gasteiger partial charge in [-0.2, -0.15) is 5.10 Å². The van der Waals surface area contributed by atoms with E-state index in [0.717, 1.165) is 22.5 Å². The van der Waals surface area contributed by atoms with Gasteiger partial charge in [-0.3, -0.25) is 14.3 Å². The molecule has 0 bridgehead atoms. The number of nitrogens with one attached hydrogen (secondary N) is 2. The van der Waals surface area contributed by atoms with E-state index in [2.05, 4.69) is 20.5 Å². The quantitative estimate of drug-likeness (QED) is 0.732. The Morgan fingerprint density at radius 1 is 1.15 bits per heavy atom. The number of benzene rings is 1. The molecule has 26 heavy (non-hydrogen) atoms. The SMILES string of the molecule is Cc1ccc(-c2ccc(C(=O)NCCc3n[nH]c(=O)n3C)cc2)c(C)n1. The number of hydrogen-bond donors (Lipinski definition) is 2. The first-order valence-corrected chi connectivity index (χ1v) is 8.39. The number of aromatic nitrogens is 4. The van der Waals surface area contributed by atoms with Gasteiger partial charge in [-0.25, -0.2) is 9.89 Å². The normalized spacial score (nSPS) is 10.7. The molecular weight excluding hydrogens is 330 g/mol. The Bertz CT molecular complexity index is 986. The molecule has 2 N–H and O–H groups in total. The molecule has 0 unspecified atom stereocenters. The molecule has 0 fully saturated rings. The molecule has 0 aliphatic rings. The lowest BCUT2D eigenvalue weighted by Crippen LogP contribution is -2.26. The Morgan fingerprint density at radius 3 is 2.50 bits per heavy atom. The number of carbonyl (C=O) groups is 1. The molecule has 0 spiro atoms. The molecule has 7 nitrogen and oxygen atoms in total. The van der Waals surface area contributed by atoms with Crippen LogP contribution in [0, 0.1) is 13.8 Å². The van der Waals surface area contributed by atoms with Gasteiger partial charge in [-0.15, -0.1) is 0 Å². The van der Waals surface area contributed by atoms with E-state index in [-0.39, 0.29) is 11.6 Å². The second kappa shape index (κ2) is 7.35. The fourth-order valence-electron chi connectivity index (χ4n) is 2.79. The molecule has 0 atom stereocenters. The number of nitrogens with zero attached hydrogens (tertiary/aromatic N) is 3. The van der Waals surface area contributed by atoms with Gasteiger partial charge in [-0.05, 0) is 37.6 Å². The Hall–Kier alpha value is -3.22. The summed E-state index contributed by atoms with van der Waals surface area (Å²) >= 11 is 0. The summed E-state index contributed by atoms with van der Waals surface area (Å²) < 4.78 is 1.43. The number of pyridine rings is 1. The van der Waals surface area contributed by atoms with Crippen LogP contribution in [0.2, 0.25) is 0 Å². The molecule has 1 amide bonds. The summed E-state index contributed by atoms with van der Waals surface area (Å²) in [5, 5.41) is 9.13. The Morgan fingerprint density at radius 2 is 1.88 bits per heavy atom. The van der Waals surface area contributed by atoms with Crippen LogP contribution in [0.5, 0.6) is 0 Å². The Kier molecular flexibility index (Phi) is 4.97. The third kappa shape index (κ3) is 3.72. The standard InChI is InChI=1S/C19H21N5O2/c1-12-4-9-16(13(2)21-12)14-5-7-15(8-6-14)18(25)20-11-10-17-22-23-19(26)24(17)3/h4-9H,10-11H2,1-3H3,(H,20,25)(H,23,26). The van der Waals surface area contributed by atoms with E-state index in [1.807, 2.05) is 38.1 Å². The van der Waals surface area contributed by atoms with Crippen molar-refractivity contribution in [3.63, 3.8) is 0 Å². The maximum Gasteiger partial charge on any atom is 0.343 e. The Balaban J connectivity index is 1.63. The summed E-state index contributed by atoms with van der Waals surface area (Å²) in [6, 6.07) is 11.5. The van der Waals surface area contributed by atoms with Crippen LogP contribution in [0.1, 0.15) is 27.6 Å². The highest BCUT2D eigenvalue weighted by Crippen LogP contribution is 2.22. The van der Waals surface area contributed by atoms with Gasteiger partial charge in [0.15, 0.2) is 0 Å². The van der Waals surface area contributed by atoms with Crippen molar-refractivity contribution in [1.82, 2.24) is 25.1 Å². The van der Waals surface area contributed by atoms with E-state index < -0.39 is 0 Å². The molecule has 134 valence electrons. The fraction of sp³-hybridized carbons (Fsp3) is 0.263. The van der Waals surface area contributed by atoms with E-state index in [1.165, 1.54) is 4.57 Å². The summed E-state index contributed by atoms with van der Waals surface area (Å²) in [6.45, 7) is 4.34. The molecule has 1 aromatic carbocycles. The third-order valence-corrected chi connectivity index (χ3v) is 4.29. The number of carbonyl (C=O) groups excluding carboxylic acids is 1. The molecular formula is C19H21N5O2. The van der Waals surface area contributed by atoms with Crippen LogP contribution < -0.4 is 11.0 Å². The van der Waals surface area contributed by atoms with Crippen LogP contribution in [-0.2, 0) is 13.5 Å². The van der Waals surface area contributed by atoms with Crippen molar-refractivity contribution < 1.29 is 4.79 Å². The summed E-state index contributed by atoms with van der Waals surface area (Å²) in [4.78, 5) is 28.0. The number of amides is 1. The third-order valence-electron chi connectivity index (χ3n) is 4.29. The van der Waals surface area contributed by atoms with E-state index >= 15 is 0 Å². The van der Waals surface area contributed by atoms with Crippen LogP contribution in [0.4, 0.5) is 0 Å². The van der Waals surface area contributed by atoms with Gasteiger partial charge in [0, 0.05) is 42.5 Å². The van der Waals surface area contributed by atoms with Gasteiger partial charge in [-0.1, -0.05) is 18.2 Å². The number of rotatable bonds is 5. The zero-order valence-corrected chi connectivity index (χ0v) is 15.0. The molecule has 7 heteroatoms. The minimum absolute atomic E-state index is 0.157. The summed E-state index contributed by atoms with van der Waals surface area (Å²) in [6.07, 6.45) is 0.479. The zero-order chi connectivity index (χ0) is 18.7. The van der Waals surface area contributed by atoms with Crippen LogP contribution in [0.3, 0.4) is 0 Å². The van der Waals surface area contributed by atoms with Gasteiger partial charge in [0.05, 0.1) is 0 Å². The molecule has 2 aromatic heterocycles. The average molecular weight is 351 g/mol. The van der Waals surface area contributed by atoms with Crippen LogP contribution >= 0.6 is 0 Å². The second-order valence-electron chi connectivity index (χ2n) is 6.17. The number of H-pyrrole nitrogens is 1. The minimum atomic E-state index is -0.261. The lowest BCUT2D eigenvalue weighted by atomic mass is 10.0. The molecule has 0 saturated carbocycles. The van der Waals surface area contributed by atoms with E-state index in [0.29, 0.717) is 24.4 Å². The van der Waals surface area contributed by atoms with Crippen LogP contribution in [0.15, 0.2) is 41.2 Å². The number of hydrogen-bond acceptors (Lipinski definition) is 4. The highest BCUT2D eigenvalue weighted by Gasteiger charge is 2.09. The maximum absolute atomic E-state index is 12.3. The first-order valence-electron chi connectivity index (χ1n) is 8.39. The smallest absolute Gasteiger partial charge is 0.343 e. The van der Waals surface area contributed by atoms with Crippen molar-refractivity contribution >= 4 is 5.91 Å². The van der Waals surface area contributed by atoms with Crippen LogP contribution in [0.25, 0.3) is 11.1 Å². The lowest BCUT2D eigenvalue weighted by molar-refractivity contribution is 0.0954. The van der Waals surface area contributed by atoms with Gasteiger partial charge in [0.2, 0.25) is 0 Å². The first-order chi connectivity index (χ1) is 12.5. The van der Waals surface area contributed by atoms with Gasteiger partial charge < -0.3 is 5.32 Å². The van der Waals surface area contributed by atoms with E-state index in [9.17, 15) is 9.59 Å². The summed E-state index contributed by atoms with van der Waals surface area (Å²) in [5.74, 6) is 0.448. The molecule has 2 heterocycles. The minimum Gasteiger partial charge on any atom is -0.352 e. The van der Waals surface area contributed by atoms with Crippen molar-refractivity contribution in [2.24, 2.45) is 7.05 Å². The largest absolute Gasteiger partial charge is 0.352 e. The molecule has 3 aromatic rings. The molecule has 0 aliphatic carbocycles. The zero-order valence-electron chi connectivity index (χ0n) is 15.0. The van der Waals surface area contributed by atoms with Gasteiger partial charge in [0.1, 0.15) is 5.82 Å². The monoisotopic (exact) mass is 351 g/mol. The molecule has 0 saturated heterocycles. The van der Waals surface area contributed by atoms with Crippen molar-refractivity contribution in [3.05, 3.63) is 69.7 Å². The molecule has 0 radical (unpaired) electrons. The van der Waals surface area contributed by atoms with Crippen molar-refractivity contribution in [2.45, 2.75) is 20.3 Å². The lowest BCUT2D eigenvalue weighted by Gasteiger charge is -2.08. The first kappa shape index (κ1) is 17.6. The van der Waals surface area contributed by atoms with E-state index in [1.54, 1.807) is 19.2 Å². The topological polar surface area (TPSA) is 92.7 Å². The summed E-state index contributed by atoms with van der Waals surface area (Å²) in [7, 11) is 1.64. The number of aryl methyl sites for hydroxylation is 2. The highest BCUT2D eigenvalue weighted by atomic mass is 16.2. The van der Waals surface area contributed by atoms with Gasteiger partial charge >= 0.3 is 5.69 Å². The molecule has 3 rings (SSSR count). The van der Waals surface area contributed by atoms with Gasteiger partial charge in [0.25, 0.3) is 5.91 Å². The maximum atomic E-state index is 12.3. The van der Waals surface area contributed by atoms with Crippen molar-refractivity contribution in [1.29, 1.82) is 0 Å². The van der Waals surface area contributed by atoms with Crippen molar-refractivity contribution in [3.8, 4) is 11.1 Å². The predicted molar refractivity (Wildman–Crippen MR) is 99.0 cm³/mol. The number of aromatic amines is 1. The fourth-order valence-corrected chi connectivity index (χ4v) is 2.79. The Labute approximate surface area is 151 Å². The molecule has 0 aliphatic heterocycles. The predicted octanol–water partition coefficient (Wildman–Crippen LogP) is 1.76. The second-order valence-corrected chi connectivity index (χ2v) is 6.17. The van der Waals surface area contributed by atoms with E-state index in [4.69, 9.17) is 0 Å². The summed E-state index contributed by atoms with van der Waals surface area (Å²) in [5.41, 5.74) is 4.36. The highest BCUT2D eigenvalue weighted by molar-refractivity contribution is 5.94. The average Bonchev–Trinajstić information content (AvgIpc) is 2.94. The van der Waals surface area contributed by atoms with Crippen LogP contribution in [-0.4, -0.2) is 32.2 Å². The van der Waals surface area contributed by atoms with Crippen molar-refractivity contribution in [2.75, 3.05) is 6.54 Å².